The van der Waals surface area contributed by atoms with Crippen LogP contribution in [0.2, 0.25) is 0 Å². The average Bonchev–Trinajstić information content (AvgIpc) is 2.94. The number of guanidine groups is 1. The van der Waals surface area contributed by atoms with Crippen LogP contribution in [0.25, 0.3) is 0 Å². The smallest absolute Gasteiger partial charge is 0.193 e. The van der Waals surface area contributed by atoms with Crippen molar-refractivity contribution in [1.29, 1.82) is 0 Å². The van der Waals surface area contributed by atoms with E-state index < -0.39 is 0 Å². The molecule has 1 N–H and O–H groups in total. The number of rotatable bonds is 2. The summed E-state index contributed by atoms with van der Waals surface area (Å²) >= 11 is 2.20. The minimum absolute atomic E-state index is 0.475. The van der Waals surface area contributed by atoms with E-state index in [1.807, 2.05) is 25.0 Å². The number of thioether (sulfide) groups is 1. The summed E-state index contributed by atoms with van der Waals surface area (Å²) in [7, 11) is 3.84. The lowest BCUT2D eigenvalue weighted by Crippen LogP contribution is -2.53. The molecule has 5 nitrogen and oxygen atoms in total. The number of aryl methyl sites for hydroxylation is 1. The van der Waals surface area contributed by atoms with E-state index in [2.05, 4.69) is 38.3 Å². The number of nitrogens with zero attached hydrogens (tertiary/aromatic N) is 4. The predicted molar refractivity (Wildman–Crippen MR) is 93.3 cm³/mol. The van der Waals surface area contributed by atoms with E-state index in [4.69, 9.17) is 0 Å². The van der Waals surface area contributed by atoms with Crippen molar-refractivity contribution in [2.45, 2.75) is 43.4 Å². The summed E-state index contributed by atoms with van der Waals surface area (Å²) in [6, 6.07) is 0. The molecule has 2 heterocycles. The van der Waals surface area contributed by atoms with E-state index in [1.54, 1.807) is 0 Å². The zero-order valence-electron chi connectivity index (χ0n) is 13.7. The second-order valence-corrected chi connectivity index (χ2v) is 8.00. The second-order valence-electron chi connectivity index (χ2n) is 6.44. The molecule has 3 rings (SSSR count). The summed E-state index contributed by atoms with van der Waals surface area (Å²) in [5.74, 6) is 2.25. The first-order chi connectivity index (χ1) is 10.7. The van der Waals surface area contributed by atoms with Gasteiger partial charge in [0, 0.05) is 56.0 Å². The lowest BCUT2D eigenvalue weighted by molar-refractivity contribution is 0.293. The van der Waals surface area contributed by atoms with Crippen LogP contribution < -0.4 is 5.32 Å². The van der Waals surface area contributed by atoms with E-state index in [9.17, 15) is 0 Å². The molecule has 0 amide bonds. The monoisotopic (exact) mass is 321 g/mol. The van der Waals surface area contributed by atoms with Crippen molar-refractivity contribution in [3.63, 3.8) is 0 Å². The number of aliphatic imine (C=N–C) groups is 1. The Hall–Kier alpha value is -1.17. The van der Waals surface area contributed by atoms with Crippen molar-refractivity contribution in [2.24, 2.45) is 12.0 Å². The maximum absolute atomic E-state index is 4.51. The minimum atomic E-state index is 0.475. The van der Waals surface area contributed by atoms with Crippen LogP contribution >= 0.6 is 11.8 Å². The molecular weight excluding hydrogens is 294 g/mol. The number of hydrogen-bond acceptors (Lipinski definition) is 3. The third-order valence-corrected chi connectivity index (χ3v) is 6.27. The van der Waals surface area contributed by atoms with Gasteiger partial charge < -0.3 is 10.2 Å². The topological polar surface area (TPSA) is 45.5 Å². The first-order valence-electron chi connectivity index (χ1n) is 8.28. The summed E-state index contributed by atoms with van der Waals surface area (Å²) in [6.07, 6.45) is 10.9. The molecule has 22 heavy (non-hydrogen) atoms. The van der Waals surface area contributed by atoms with Gasteiger partial charge in [-0.15, -0.1) is 0 Å². The van der Waals surface area contributed by atoms with Gasteiger partial charge in [0.25, 0.3) is 0 Å². The van der Waals surface area contributed by atoms with Crippen LogP contribution in [0.5, 0.6) is 0 Å². The molecule has 0 atom stereocenters. The molecule has 1 aromatic rings. The quantitative estimate of drug-likeness (QED) is 0.670. The van der Waals surface area contributed by atoms with Gasteiger partial charge in [0.2, 0.25) is 0 Å². The maximum Gasteiger partial charge on any atom is 0.193 e. The van der Waals surface area contributed by atoms with Crippen molar-refractivity contribution < 1.29 is 0 Å². The highest BCUT2D eigenvalue weighted by atomic mass is 32.2. The standard InChI is InChI=1S/C16H27N5S/c1-17-15(18-10-14-11-19-20(2)12-14)21-8-9-22-16(13-21)6-4-3-5-7-16/h11-12H,3-10,13H2,1-2H3,(H,17,18). The molecular formula is C16H27N5S. The number of hydrogen-bond donors (Lipinski definition) is 1. The molecule has 1 saturated carbocycles. The molecule has 0 aromatic carbocycles. The molecule has 1 spiro atoms. The van der Waals surface area contributed by atoms with Crippen LogP contribution in [0.3, 0.4) is 0 Å². The van der Waals surface area contributed by atoms with Crippen molar-refractivity contribution in [2.75, 3.05) is 25.9 Å². The van der Waals surface area contributed by atoms with Gasteiger partial charge in [-0.25, -0.2) is 0 Å². The van der Waals surface area contributed by atoms with Crippen LogP contribution in [-0.4, -0.2) is 51.3 Å². The lowest BCUT2D eigenvalue weighted by Gasteiger charge is -2.45. The van der Waals surface area contributed by atoms with Crippen molar-refractivity contribution in [3.8, 4) is 0 Å². The molecule has 1 aromatic heterocycles. The fourth-order valence-corrected chi connectivity index (χ4v) is 5.17. The van der Waals surface area contributed by atoms with Gasteiger partial charge in [-0.3, -0.25) is 9.67 Å². The van der Waals surface area contributed by atoms with E-state index in [0.717, 1.165) is 25.6 Å². The Bertz CT molecular complexity index is 513. The highest BCUT2D eigenvalue weighted by Crippen LogP contribution is 2.42. The summed E-state index contributed by atoms with van der Waals surface area (Å²) in [5, 5.41) is 7.73. The van der Waals surface area contributed by atoms with Crippen molar-refractivity contribution in [3.05, 3.63) is 18.0 Å². The van der Waals surface area contributed by atoms with Gasteiger partial charge in [0.05, 0.1) is 6.20 Å². The molecule has 0 bridgehead atoms. The summed E-state index contributed by atoms with van der Waals surface area (Å²) < 4.78 is 2.32. The molecule has 1 aliphatic heterocycles. The van der Waals surface area contributed by atoms with Gasteiger partial charge in [-0.05, 0) is 12.8 Å². The van der Waals surface area contributed by atoms with E-state index in [0.29, 0.717) is 4.75 Å². The molecule has 122 valence electrons. The Morgan fingerprint density at radius 1 is 1.41 bits per heavy atom. The van der Waals surface area contributed by atoms with Gasteiger partial charge in [0.1, 0.15) is 0 Å². The Morgan fingerprint density at radius 2 is 2.23 bits per heavy atom. The predicted octanol–water partition coefficient (Wildman–Crippen LogP) is 2.25. The second kappa shape index (κ2) is 6.94. The molecule has 2 aliphatic rings. The Balaban J connectivity index is 1.60. The SMILES string of the molecule is CN=C(NCc1cnn(C)c1)N1CCSC2(CCCCC2)C1. The van der Waals surface area contributed by atoms with Crippen LogP contribution in [0.15, 0.2) is 17.4 Å². The van der Waals surface area contributed by atoms with Crippen LogP contribution in [0.1, 0.15) is 37.7 Å². The highest BCUT2D eigenvalue weighted by Gasteiger charge is 2.38. The Kier molecular flexibility index (Phi) is 4.96. The minimum Gasteiger partial charge on any atom is -0.352 e. The Labute approximate surface area is 137 Å². The zero-order chi connectivity index (χ0) is 15.4. The van der Waals surface area contributed by atoms with Gasteiger partial charge in [-0.2, -0.15) is 16.9 Å². The van der Waals surface area contributed by atoms with Crippen LogP contribution in [0.4, 0.5) is 0 Å². The fourth-order valence-electron chi connectivity index (χ4n) is 3.60. The third kappa shape index (κ3) is 3.59. The molecule has 0 unspecified atom stereocenters. The average molecular weight is 321 g/mol. The van der Waals surface area contributed by atoms with Crippen molar-refractivity contribution >= 4 is 17.7 Å². The fraction of sp³-hybridized carbons (Fsp3) is 0.750. The van der Waals surface area contributed by atoms with E-state index in [1.165, 1.54) is 43.4 Å². The number of aromatic nitrogens is 2. The molecule has 1 saturated heterocycles. The molecule has 2 fully saturated rings. The third-order valence-electron chi connectivity index (χ3n) is 4.73. The van der Waals surface area contributed by atoms with E-state index in [-0.39, 0.29) is 0 Å². The first kappa shape index (κ1) is 15.7. The molecule has 6 heteroatoms. The van der Waals surface area contributed by atoms with Gasteiger partial charge >= 0.3 is 0 Å². The molecule has 1 aliphatic carbocycles. The normalized spacial score (nSPS) is 22.1. The highest BCUT2D eigenvalue weighted by molar-refractivity contribution is 8.00. The van der Waals surface area contributed by atoms with Crippen molar-refractivity contribution in [1.82, 2.24) is 20.0 Å². The summed E-state index contributed by atoms with van der Waals surface area (Å²) in [5.41, 5.74) is 1.20. The summed E-state index contributed by atoms with van der Waals surface area (Å²) in [6.45, 7) is 3.03. The first-order valence-corrected chi connectivity index (χ1v) is 9.26. The zero-order valence-corrected chi connectivity index (χ0v) is 14.5. The van der Waals surface area contributed by atoms with Gasteiger partial charge in [-0.1, -0.05) is 19.3 Å². The van der Waals surface area contributed by atoms with Crippen LogP contribution in [-0.2, 0) is 13.6 Å². The maximum atomic E-state index is 4.51. The van der Waals surface area contributed by atoms with Crippen LogP contribution in [0, 0.1) is 0 Å². The van der Waals surface area contributed by atoms with E-state index >= 15 is 0 Å². The molecule has 0 radical (unpaired) electrons. The lowest BCUT2D eigenvalue weighted by atomic mass is 9.87. The summed E-state index contributed by atoms with van der Waals surface area (Å²) in [4.78, 5) is 6.96. The number of nitrogens with one attached hydrogen (secondary N) is 1. The van der Waals surface area contributed by atoms with Gasteiger partial charge in [0.15, 0.2) is 5.96 Å². The Morgan fingerprint density at radius 3 is 2.91 bits per heavy atom. The largest absolute Gasteiger partial charge is 0.352 e.